The van der Waals surface area contributed by atoms with Crippen LogP contribution in [-0.4, -0.2) is 18.2 Å². The second-order valence-corrected chi connectivity index (χ2v) is 7.00. The maximum atomic E-state index is 6.09. The average molecular weight is 335 g/mol. The highest BCUT2D eigenvalue weighted by Gasteiger charge is 2.32. The Morgan fingerprint density at radius 3 is 2.68 bits per heavy atom. The zero-order valence-corrected chi connectivity index (χ0v) is 14.5. The van der Waals surface area contributed by atoms with E-state index in [-0.39, 0.29) is 0 Å². The summed E-state index contributed by atoms with van der Waals surface area (Å²) in [6.45, 7) is 2.30. The lowest BCUT2D eigenvalue weighted by atomic mass is 9.91. The Morgan fingerprint density at radius 1 is 1.04 bits per heavy atom. The van der Waals surface area contributed by atoms with Gasteiger partial charge in [-0.25, -0.2) is 0 Å². The number of hydrogen-bond acceptors (Lipinski definition) is 2. The number of hydrogen-bond donors (Lipinski definition) is 1. The molecule has 1 aliphatic carbocycles. The van der Waals surface area contributed by atoms with Gasteiger partial charge in [0.2, 0.25) is 0 Å². The van der Waals surface area contributed by atoms with Crippen molar-refractivity contribution in [1.29, 1.82) is 0 Å². The second kappa shape index (κ2) is 5.81. The van der Waals surface area contributed by atoms with Gasteiger partial charge < -0.3 is 19.4 Å². The molecule has 5 rings (SSSR count). The highest BCUT2D eigenvalue weighted by molar-refractivity contribution is 5.87. The van der Waals surface area contributed by atoms with Gasteiger partial charge in [0.05, 0.1) is 25.9 Å². The number of aryl methyl sites for hydroxylation is 1. The van der Waals surface area contributed by atoms with E-state index in [0.717, 1.165) is 23.8 Å². The average Bonchev–Trinajstić information content (AvgIpc) is 2.98. The Kier molecular flexibility index (Phi) is 3.45. The van der Waals surface area contributed by atoms with Crippen LogP contribution < -0.4 is 14.8 Å². The summed E-state index contributed by atoms with van der Waals surface area (Å²) in [7, 11) is 1.68. The Hall–Kier alpha value is -2.46. The molecule has 0 bridgehead atoms. The third-order valence-electron chi connectivity index (χ3n) is 5.58. The number of fused-ring (bicyclic) bond motifs is 3. The maximum absolute atomic E-state index is 6.09. The van der Waals surface area contributed by atoms with Gasteiger partial charge in [-0.1, -0.05) is 0 Å². The van der Waals surface area contributed by atoms with Crippen LogP contribution >= 0.6 is 0 Å². The molecule has 128 valence electrons. The first-order valence-electron chi connectivity index (χ1n) is 9.14. The fourth-order valence-corrected chi connectivity index (χ4v) is 4.46. The fourth-order valence-electron chi connectivity index (χ4n) is 4.46. The lowest BCUT2D eigenvalue weighted by Gasteiger charge is -2.27. The molecule has 0 spiro atoms. The van der Waals surface area contributed by atoms with Crippen molar-refractivity contribution < 1.29 is 14.8 Å². The molecule has 0 saturated carbocycles. The molecule has 1 atom stereocenters. The third-order valence-corrected chi connectivity index (χ3v) is 5.58. The van der Waals surface area contributed by atoms with Crippen LogP contribution in [0.2, 0.25) is 0 Å². The second-order valence-electron chi connectivity index (χ2n) is 7.00. The molecule has 3 aromatic rings. The van der Waals surface area contributed by atoms with Crippen LogP contribution in [0.15, 0.2) is 42.5 Å². The number of nitrogens with zero attached hydrogens (tertiary/aromatic N) is 1. The summed E-state index contributed by atoms with van der Waals surface area (Å²) in [4.78, 5) is 0. The molecule has 0 radical (unpaired) electrons. The standard InChI is InChI=1S/C21H22N2O2/c1-24-14-5-7-15(8-6-14)25-16-9-10-20-18(13-16)17-3-2-4-19-21(17)23(20)12-11-22-19/h5-10,13,19,22H,2-4,11-12H2,1H3/p+1/t19-/m0/s1. The van der Waals surface area contributed by atoms with Crippen molar-refractivity contribution in [2.45, 2.75) is 31.8 Å². The smallest absolute Gasteiger partial charge is 0.128 e. The molecule has 0 saturated heterocycles. The van der Waals surface area contributed by atoms with Crippen molar-refractivity contribution in [2.75, 3.05) is 13.7 Å². The number of quaternary nitrogens is 1. The molecular formula is C21H23N2O2+. The van der Waals surface area contributed by atoms with Crippen molar-refractivity contribution in [3.63, 3.8) is 0 Å². The summed E-state index contributed by atoms with van der Waals surface area (Å²) in [5, 5.41) is 3.90. The van der Waals surface area contributed by atoms with Crippen LogP contribution in [0, 0.1) is 0 Å². The number of nitrogens with two attached hydrogens (primary N) is 1. The first-order chi connectivity index (χ1) is 12.3. The maximum Gasteiger partial charge on any atom is 0.128 e. The van der Waals surface area contributed by atoms with Crippen LogP contribution in [-0.2, 0) is 13.0 Å². The molecule has 2 N–H and O–H groups in total. The SMILES string of the molecule is COc1ccc(Oc2ccc3c(c2)c2c4n3CC[NH2+][C@H]4CCC2)cc1. The summed E-state index contributed by atoms with van der Waals surface area (Å²) < 4.78 is 13.8. The van der Waals surface area contributed by atoms with Crippen molar-refractivity contribution >= 4 is 10.9 Å². The van der Waals surface area contributed by atoms with Gasteiger partial charge in [0, 0.05) is 17.3 Å². The first-order valence-corrected chi connectivity index (χ1v) is 9.14. The molecule has 0 fully saturated rings. The normalized spacial score (nSPS) is 18.8. The van der Waals surface area contributed by atoms with E-state index in [4.69, 9.17) is 9.47 Å². The quantitative estimate of drug-likeness (QED) is 0.797. The largest absolute Gasteiger partial charge is 0.497 e. The zero-order valence-electron chi connectivity index (χ0n) is 14.5. The van der Waals surface area contributed by atoms with E-state index in [1.54, 1.807) is 18.4 Å². The lowest BCUT2D eigenvalue weighted by Crippen LogP contribution is -2.88. The summed E-state index contributed by atoms with van der Waals surface area (Å²) in [6, 6.07) is 14.9. The Morgan fingerprint density at radius 2 is 1.84 bits per heavy atom. The van der Waals surface area contributed by atoms with Gasteiger partial charge in [0.25, 0.3) is 0 Å². The van der Waals surface area contributed by atoms with Crippen molar-refractivity contribution in [3.8, 4) is 17.2 Å². The predicted molar refractivity (Wildman–Crippen MR) is 97.5 cm³/mol. The van der Waals surface area contributed by atoms with Gasteiger partial charge in [0.1, 0.15) is 23.3 Å². The topological polar surface area (TPSA) is 40.0 Å². The van der Waals surface area contributed by atoms with E-state index in [9.17, 15) is 0 Å². The van der Waals surface area contributed by atoms with Crippen molar-refractivity contribution in [2.24, 2.45) is 0 Å². The minimum absolute atomic E-state index is 0.649. The van der Waals surface area contributed by atoms with Gasteiger partial charge in [-0.05, 0) is 60.9 Å². The number of aromatic nitrogens is 1. The third kappa shape index (κ3) is 2.40. The van der Waals surface area contributed by atoms with Gasteiger partial charge in [-0.15, -0.1) is 0 Å². The highest BCUT2D eigenvalue weighted by atomic mass is 16.5. The number of ether oxygens (including phenoxy) is 2. The minimum atomic E-state index is 0.649. The Labute approximate surface area is 147 Å². The molecule has 4 nitrogen and oxygen atoms in total. The lowest BCUT2D eigenvalue weighted by molar-refractivity contribution is -0.704. The molecule has 1 aliphatic heterocycles. The molecule has 0 amide bonds. The first kappa shape index (κ1) is 14.8. The summed E-state index contributed by atoms with van der Waals surface area (Å²) in [6.07, 6.45) is 3.78. The molecule has 0 unspecified atom stereocenters. The molecule has 2 heterocycles. The van der Waals surface area contributed by atoms with Gasteiger partial charge in [-0.2, -0.15) is 0 Å². The van der Waals surface area contributed by atoms with Crippen LogP contribution in [0.25, 0.3) is 10.9 Å². The van der Waals surface area contributed by atoms with E-state index in [2.05, 4.69) is 28.1 Å². The monoisotopic (exact) mass is 335 g/mol. The predicted octanol–water partition coefficient (Wildman–Crippen LogP) is 3.40. The van der Waals surface area contributed by atoms with Crippen LogP contribution in [0.1, 0.15) is 30.1 Å². The molecule has 25 heavy (non-hydrogen) atoms. The van der Waals surface area contributed by atoms with E-state index >= 15 is 0 Å². The van der Waals surface area contributed by atoms with E-state index < -0.39 is 0 Å². The summed E-state index contributed by atoms with van der Waals surface area (Å²) in [5.41, 5.74) is 4.48. The van der Waals surface area contributed by atoms with Gasteiger partial charge in [-0.3, -0.25) is 0 Å². The number of methoxy groups -OCH3 is 1. The molecule has 1 aromatic heterocycles. The zero-order chi connectivity index (χ0) is 16.8. The van der Waals surface area contributed by atoms with Gasteiger partial charge >= 0.3 is 0 Å². The molecule has 2 aromatic carbocycles. The van der Waals surface area contributed by atoms with Gasteiger partial charge in [0.15, 0.2) is 0 Å². The number of benzene rings is 2. The summed E-state index contributed by atoms with van der Waals surface area (Å²) in [5.74, 6) is 2.58. The van der Waals surface area contributed by atoms with Crippen molar-refractivity contribution in [1.82, 2.24) is 4.57 Å². The fraction of sp³-hybridized carbons (Fsp3) is 0.333. The van der Waals surface area contributed by atoms with Crippen molar-refractivity contribution in [3.05, 3.63) is 53.7 Å². The van der Waals surface area contributed by atoms with E-state index in [1.165, 1.54) is 36.7 Å². The summed E-state index contributed by atoms with van der Waals surface area (Å²) >= 11 is 0. The highest BCUT2D eigenvalue weighted by Crippen LogP contribution is 2.38. The molecule has 2 aliphatic rings. The Balaban J connectivity index is 1.55. The van der Waals surface area contributed by atoms with E-state index in [1.807, 2.05) is 24.3 Å². The van der Waals surface area contributed by atoms with Crippen LogP contribution in [0.5, 0.6) is 17.2 Å². The minimum Gasteiger partial charge on any atom is -0.497 e. The Bertz CT molecular complexity index is 925. The molecular weight excluding hydrogens is 312 g/mol. The number of rotatable bonds is 3. The molecule has 4 heteroatoms. The van der Waals surface area contributed by atoms with E-state index in [0.29, 0.717) is 6.04 Å². The van der Waals surface area contributed by atoms with Crippen LogP contribution in [0.3, 0.4) is 0 Å². The van der Waals surface area contributed by atoms with Crippen LogP contribution in [0.4, 0.5) is 0 Å².